The standard InChI is InChI=1S/C30H42F3N7O3/c1-4-18(2)37-29(3)24-22(30(31,32)33)17-34-26(24)36-28(38-29)35-23-6-5-21(20-9-14-43-25(20)23)27(41)40-10-7-19(8-11-40)39-12-15-42-16-13-39/h5-6,17-19,27,34,37,41H,4,7-16H2,1-3H3,(H2,35,36,38)/t18-,27?,29+/m0/s1. The maximum atomic E-state index is 13.9. The van der Waals surface area contributed by atoms with Crippen molar-refractivity contribution in [1.29, 1.82) is 0 Å². The van der Waals surface area contributed by atoms with E-state index in [9.17, 15) is 18.3 Å². The minimum absolute atomic E-state index is 0.0307. The Morgan fingerprint density at radius 3 is 2.60 bits per heavy atom. The number of halogens is 3. The van der Waals surface area contributed by atoms with Gasteiger partial charge in [-0.3, -0.25) is 15.1 Å². The van der Waals surface area contributed by atoms with Crippen molar-refractivity contribution in [3.05, 3.63) is 40.6 Å². The van der Waals surface area contributed by atoms with Crippen LogP contribution in [0.1, 0.15) is 68.5 Å². The number of H-pyrrole nitrogens is 1. The van der Waals surface area contributed by atoms with Gasteiger partial charge in [0.2, 0.25) is 5.96 Å². The molecule has 4 aliphatic rings. The van der Waals surface area contributed by atoms with Crippen molar-refractivity contribution in [3.63, 3.8) is 0 Å². The second-order valence-electron chi connectivity index (χ2n) is 12.1. The number of nitrogens with one attached hydrogen (secondary N) is 4. The zero-order valence-corrected chi connectivity index (χ0v) is 25.0. The maximum absolute atomic E-state index is 13.9. The lowest BCUT2D eigenvalue weighted by Crippen LogP contribution is -2.59. The molecule has 1 aromatic heterocycles. The minimum Gasteiger partial charge on any atom is -0.491 e. The average Bonchev–Trinajstić information content (AvgIpc) is 3.66. The molecule has 1 unspecified atom stereocenters. The Kier molecular flexibility index (Phi) is 8.37. The molecule has 43 heavy (non-hydrogen) atoms. The lowest BCUT2D eigenvalue weighted by atomic mass is 9.96. The molecule has 2 saturated heterocycles. The number of piperidine rings is 1. The molecule has 1 aromatic carbocycles. The van der Waals surface area contributed by atoms with Gasteiger partial charge in [0.1, 0.15) is 23.5 Å². The summed E-state index contributed by atoms with van der Waals surface area (Å²) in [4.78, 5) is 11.8. The summed E-state index contributed by atoms with van der Waals surface area (Å²) >= 11 is 0. The second-order valence-corrected chi connectivity index (χ2v) is 12.1. The van der Waals surface area contributed by atoms with Crippen LogP contribution in [0.2, 0.25) is 0 Å². The summed E-state index contributed by atoms with van der Waals surface area (Å²) in [6.45, 7) is 11.2. The molecule has 0 saturated carbocycles. The third kappa shape index (κ3) is 5.97. The predicted octanol–water partition coefficient (Wildman–Crippen LogP) is 4.02. The predicted molar refractivity (Wildman–Crippen MR) is 157 cm³/mol. The van der Waals surface area contributed by atoms with E-state index in [0.29, 0.717) is 30.5 Å². The van der Waals surface area contributed by atoms with Gasteiger partial charge in [-0.2, -0.15) is 18.2 Å². The van der Waals surface area contributed by atoms with Crippen molar-refractivity contribution in [2.75, 3.05) is 51.3 Å². The van der Waals surface area contributed by atoms with Crippen LogP contribution in [0.4, 0.5) is 24.7 Å². The molecule has 3 atom stereocenters. The molecule has 236 valence electrons. The van der Waals surface area contributed by atoms with E-state index in [1.807, 2.05) is 26.0 Å². The van der Waals surface area contributed by atoms with Crippen molar-refractivity contribution in [3.8, 4) is 5.75 Å². The molecule has 13 heteroatoms. The number of aliphatic hydroxyl groups excluding tert-OH is 1. The highest BCUT2D eigenvalue weighted by molar-refractivity contribution is 5.98. The SMILES string of the molecule is CC[C@H](C)N[C@]1(C)NC(Nc2ccc(C(O)N3CCC(N4CCOCC4)CC3)c3c2OCC3)=Nc2[nH]cc(C(F)(F)F)c21. The molecule has 2 fully saturated rings. The summed E-state index contributed by atoms with van der Waals surface area (Å²) in [5.74, 6) is 1.06. The van der Waals surface area contributed by atoms with Gasteiger partial charge in [0, 0.05) is 67.6 Å². The van der Waals surface area contributed by atoms with Crippen LogP contribution in [0.25, 0.3) is 0 Å². The molecule has 4 aliphatic heterocycles. The number of aromatic amines is 1. The van der Waals surface area contributed by atoms with E-state index in [1.54, 1.807) is 6.92 Å². The molecule has 0 radical (unpaired) electrons. The Labute approximate surface area is 250 Å². The van der Waals surface area contributed by atoms with Gasteiger partial charge in [-0.25, -0.2) is 0 Å². The Hall–Kier alpha value is -2.84. The number of morpholine rings is 1. The number of anilines is 1. The van der Waals surface area contributed by atoms with E-state index in [0.717, 1.165) is 76.0 Å². The first kappa shape index (κ1) is 30.2. The number of likely N-dealkylation sites (tertiary alicyclic amines) is 1. The molecule has 0 amide bonds. The van der Waals surface area contributed by atoms with Crippen molar-refractivity contribution in [1.82, 2.24) is 25.4 Å². The fourth-order valence-electron chi connectivity index (χ4n) is 6.86. The van der Waals surface area contributed by atoms with Crippen molar-refractivity contribution in [2.45, 2.75) is 76.6 Å². The van der Waals surface area contributed by atoms with Gasteiger partial charge in [-0.1, -0.05) is 13.0 Å². The number of hydrogen-bond acceptors (Lipinski definition) is 9. The average molecular weight is 606 g/mol. The first-order chi connectivity index (χ1) is 20.6. The summed E-state index contributed by atoms with van der Waals surface area (Å²) in [6.07, 6.45) is -0.921. The molecule has 5 heterocycles. The number of guanidine groups is 1. The Bertz CT molecular complexity index is 1330. The maximum Gasteiger partial charge on any atom is 0.418 e. The summed E-state index contributed by atoms with van der Waals surface area (Å²) in [5, 5.41) is 21.2. The van der Waals surface area contributed by atoms with Crippen LogP contribution in [0.5, 0.6) is 5.75 Å². The zero-order valence-electron chi connectivity index (χ0n) is 25.0. The van der Waals surface area contributed by atoms with Crippen molar-refractivity contribution >= 4 is 17.5 Å². The Balaban J connectivity index is 1.22. The Morgan fingerprint density at radius 1 is 1.16 bits per heavy atom. The summed E-state index contributed by atoms with van der Waals surface area (Å²) in [7, 11) is 0. The first-order valence-electron chi connectivity index (χ1n) is 15.3. The molecular weight excluding hydrogens is 563 g/mol. The number of fused-ring (bicyclic) bond motifs is 2. The van der Waals surface area contributed by atoms with E-state index in [2.05, 4.69) is 35.7 Å². The lowest BCUT2D eigenvalue weighted by Gasteiger charge is -2.41. The lowest BCUT2D eigenvalue weighted by molar-refractivity contribution is -0.138. The van der Waals surface area contributed by atoms with Gasteiger partial charge >= 0.3 is 6.18 Å². The topological polar surface area (TPSA) is 109 Å². The minimum atomic E-state index is -4.53. The van der Waals surface area contributed by atoms with Gasteiger partial charge < -0.3 is 30.2 Å². The monoisotopic (exact) mass is 605 g/mol. The highest BCUT2D eigenvalue weighted by atomic mass is 19.4. The van der Waals surface area contributed by atoms with Crippen LogP contribution in [0.3, 0.4) is 0 Å². The van der Waals surface area contributed by atoms with Crippen LogP contribution in [-0.4, -0.2) is 83.9 Å². The molecule has 2 aromatic rings. The van der Waals surface area contributed by atoms with Crippen LogP contribution in [-0.2, 0) is 23.0 Å². The molecule has 10 nitrogen and oxygen atoms in total. The largest absolute Gasteiger partial charge is 0.491 e. The third-order valence-electron chi connectivity index (χ3n) is 9.24. The van der Waals surface area contributed by atoms with E-state index >= 15 is 0 Å². The number of aliphatic hydroxyl groups is 1. The van der Waals surface area contributed by atoms with Crippen molar-refractivity contribution < 1.29 is 27.8 Å². The van der Waals surface area contributed by atoms with Crippen LogP contribution >= 0.6 is 0 Å². The van der Waals surface area contributed by atoms with Crippen LogP contribution < -0.4 is 20.7 Å². The van der Waals surface area contributed by atoms with Gasteiger partial charge in [0.25, 0.3) is 0 Å². The number of ether oxygens (including phenoxy) is 2. The van der Waals surface area contributed by atoms with Crippen LogP contribution in [0, 0.1) is 0 Å². The number of aliphatic imine (C=N–C) groups is 1. The Morgan fingerprint density at radius 2 is 1.91 bits per heavy atom. The molecule has 0 aliphatic carbocycles. The summed E-state index contributed by atoms with van der Waals surface area (Å²) in [6, 6.07) is 4.21. The molecular formula is C30H42F3N7O3. The fourth-order valence-corrected chi connectivity index (χ4v) is 6.86. The van der Waals surface area contributed by atoms with Crippen LogP contribution in [0.15, 0.2) is 23.3 Å². The van der Waals surface area contributed by atoms with Crippen molar-refractivity contribution in [2.24, 2.45) is 4.99 Å². The highest BCUT2D eigenvalue weighted by Gasteiger charge is 2.45. The zero-order chi connectivity index (χ0) is 30.4. The summed E-state index contributed by atoms with van der Waals surface area (Å²) in [5.41, 5.74) is 0.428. The summed E-state index contributed by atoms with van der Waals surface area (Å²) < 4.78 is 53.3. The number of hydrogen-bond donors (Lipinski definition) is 5. The first-order valence-corrected chi connectivity index (χ1v) is 15.3. The third-order valence-corrected chi connectivity index (χ3v) is 9.24. The van der Waals surface area contributed by atoms with E-state index < -0.39 is 23.6 Å². The molecule has 6 rings (SSSR count). The molecule has 5 N–H and O–H groups in total. The van der Waals surface area contributed by atoms with E-state index in [1.165, 1.54) is 0 Å². The number of aromatic nitrogens is 1. The highest BCUT2D eigenvalue weighted by Crippen LogP contribution is 2.44. The molecule has 0 bridgehead atoms. The number of nitrogens with zero attached hydrogens (tertiary/aromatic N) is 3. The van der Waals surface area contributed by atoms with Gasteiger partial charge in [-0.15, -0.1) is 0 Å². The quantitative estimate of drug-likeness (QED) is 0.322. The number of alkyl halides is 3. The number of rotatable bonds is 7. The molecule has 0 spiro atoms. The van der Waals surface area contributed by atoms with E-state index in [4.69, 9.17) is 9.47 Å². The second kappa shape index (κ2) is 11.9. The van der Waals surface area contributed by atoms with Gasteiger partial charge in [0.05, 0.1) is 31.1 Å². The smallest absolute Gasteiger partial charge is 0.418 e. The van der Waals surface area contributed by atoms with Gasteiger partial charge in [-0.05, 0) is 39.2 Å². The number of benzene rings is 1. The van der Waals surface area contributed by atoms with E-state index in [-0.39, 0.29) is 23.4 Å². The van der Waals surface area contributed by atoms with Gasteiger partial charge in [0.15, 0.2) is 0 Å². The fraction of sp³-hybridized carbons (Fsp3) is 0.633. The normalized spacial score (nSPS) is 24.9.